The van der Waals surface area contributed by atoms with Crippen molar-refractivity contribution in [1.29, 1.82) is 0 Å². The number of hydrogen-bond donors (Lipinski definition) is 0. The van der Waals surface area contributed by atoms with E-state index in [2.05, 4.69) is 49.6 Å². The van der Waals surface area contributed by atoms with Gasteiger partial charge in [-0.25, -0.2) is 0 Å². The Morgan fingerprint density at radius 3 is 2.28 bits per heavy atom. The van der Waals surface area contributed by atoms with E-state index >= 15 is 0 Å². The van der Waals surface area contributed by atoms with Gasteiger partial charge in [-0.3, -0.25) is 0 Å². The maximum Gasteiger partial charge on any atom is 0.147 e. The van der Waals surface area contributed by atoms with E-state index in [1.807, 2.05) is 0 Å². The molecule has 0 fully saturated rings. The summed E-state index contributed by atoms with van der Waals surface area (Å²) in [6.07, 6.45) is 0. The van der Waals surface area contributed by atoms with Gasteiger partial charge in [-0.15, -0.1) is 45.3 Å². The summed E-state index contributed by atoms with van der Waals surface area (Å²) < 4.78 is 22.4. The fourth-order valence-electron chi connectivity index (χ4n) is 2.03. The van der Waals surface area contributed by atoms with Crippen LogP contribution in [0.15, 0.2) is 38.1 Å². The minimum Gasteiger partial charge on any atom is -0.489 e. The number of methoxy groups -OCH3 is 1. The molecule has 4 aromatic rings. The molecule has 0 aliphatic heterocycles. The van der Waals surface area contributed by atoms with E-state index in [9.17, 15) is 0 Å². The molecule has 0 saturated carbocycles. The predicted molar refractivity (Wildman–Crippen MR) is 115 cm³/mol. The van der Waals surface area contributed by atoms with Gasteiger partial charge in [-0.2, -0.15) is 0 Å². The summed E-state index contributed by atoms with van der Waals surface area (Å²) in [4.78, 5) is 0. The average Bonchev–Trinajstić information content (AvgIpc) is 3.36. The summed E-state index contributed by atoms with van der Waals surface area (Å²) in [6.45, 7) is 2.45. The first-order valence-corrected chi connectivity index (χ1v) is 11.8. The minimum atomic E-state index is 0.591. The second-order valence-corrected chi connectivity index (χ2v) is 9.37. The third-order valence-corrected chi connectivity index (χ3v) is 8.40. The molecule has 4 rings (SSSR count). The SMILES string of the molecule is Brc1csc2ccsc12.COCCOCCOc1csc2ccsc12. The van der Waals surface area contributed by atoms with Gasteiger partial charge in [0.2, 0.25) is 0 Å². The van der Waals surface area contributed by atoms with Gasteiger partial charge >= 0.3 is 0 Å². The molecular weight excluding hydrogens is 460 g/mol. The first kappa shape index (κ1) is 19.3. The van der Waals surface area contributed by atoms with Crippen LogP contribution in [0.25, 0.3) is 18.8 Å². The van der Waals surface area contributed by atoms with Gasteiger partial charge in [0, 0.05) is 31.7 Å². The molecule has 0 amide bonds. The Morgan fingerprint density at radius 1 is 0.840 bits per heavy atom. The summed E-state index contributed by atoms with van der Waals surface area (Å²) in [5.74, 6) is 0.977. The standard InChI is InChI=1S/C11H14O3S2.C6H3BrS2/c1-12-3-4-13-5-6-14-9-8-16-10-2-7-15-11(9)10;7-4-3-9-5-1-2-8-6(4)5/h2,7-8H,3-6H2,1H3;1-3H. The van der Waals surface area contributed by atoms with Crippen molar-refractivity contribution in [1.82, 2.24) is 0 Å². The van der Waals surface area contributed by atoms with Crippen LogP contribution in [0.5, 0.6) is 5.75 Å². The first-order valence-electron chi connectivity index (χ1n) is 7.54. The third kappa shape index (κ3) is 5.26. The second kappa shape index (κ2) is 10.0. The van der Waals surface area contributed by atoms with E-state index in [1.165, 1.54) is 23.3 Å². The fraction of sp³-hybridized carbons (Fsp3) is 0.294. The number of ether oxygens (including phenoxy) is 3. The number of thiophene rings is 4. The lowest BCUT2D eigenvalue weighted by Gasteiger charge is -2.05. The van der Waals surface area contributed by atoms with E-state index in [0.717, 1.165) is 5.75 Å². The van der Waals surface area contributed by atoms with Crippen molar-refractivity contribution >= 4 is 80.1 Å². The van der Waals surface area contributed by atoms with E-state index < -0.39 is 0 Å². The minimum absolute atomic E-state index is 0.591. The van der Waals surface area contributed by atoms with Crippen LogP contribution in [0.3, 0.4) is 0 Å². The Bertz CT molecular complexity index is 892. The molecule has 134 valence electrons. The topological polar surface area (TPSA) is 27.7 Å². The second-order valence-electron chi connectivity index (χ2n) is 4.87. The summed E-state index contributed by atoms with van der Waals surface area (Å²) in [5.41, 5.74) is 0. The monoisotopic (exact) mass is 476 g/mol. The van der Waals surface area contributed by atoms with Gasteiger partial charge < -0.3 is 14.2 Å². The summed E-state index contributed by atoms with van der Waals surface area (Å²) in [6, 6.07) is 4.27. The molecule has 0 saturated heterocycles. The van der Waals surface area contributed by atoms with Gasteiger partial charge in [0.15, 0.2) is 0 Å². The highest BCUT2D eigenvalue weighted by Gasteiger charge is 2.05. The van der Waals surface area contributed by atoms with Crippen molar-refractivity contribution in [3.63, 3.8) is 0 Å². The molecule has 3 nitrogen and oxygen atoms in total. The van der Waals surface area contributed by atoms with Crippen LogP contribution in [-0.2, 0) is 9.47 Å². The van der Waals surface area contributed by atoms with Crippen molar-refractivity contribution in [2.45, 2.75) is 0 Å². The van der Waals surface area contributed by atoms with Gasteiger partial charge in [0.25, 0.3) is 0 Å². The fourth-order valence-corrected chi connectivity index (χ4v) is 6.77. The highest BCUT2D eigenvalue weighted by Crippen LogP contribution is 2.36. The number of rotatable bonds is 7. The molecule has 25 heavy (non-hydrogen) atoms. The molecule has 0 aliphatic carbocycles. The van der Waals surface area contributed by atoms with Crippen LogP contribution in [0, 0.1) is 0 Å². The molecule has 8 heteroatoms. The smallest absolute Gasteiger partial charge is 0.147 e. The molecule has 4 aromatic heterocycles. The molecule has 0 spiro atoms. The van der Waals surface area contributed by atoms with Crippen LogP contribution >= 0.6 is 61.3 Å². The Morgan fingerprint density at radius 2 is 1.52 bits per heavy atom. The highest BCUT2D eigenvalue weighted by molar-refractivity contribution is 9.10. The molecule has 0 bridgehead atoms. The number of fused-ring (bicyclic) bond motifs is 2. The van der Waals surface area contributed by atoms with E-state index in [-0.39, 0.29) is 0 Å². The largest absolute Gasteiger partial charge is 0.489 e. The molecular formula is C17H17BrO3S4. The Kier molecular flexibility index (Phi) is 7.72. The third-order valence-electron chi connectivity index (χ3n) is 3.20. The van der Waals surface area contributed by atoms with E-state index in [4.69, 9.17) is 14.2 Å². The lowest BCUT2D eigenvalue weighted by Crippen LogP contribution is -2.09. The average molecular weight is 477 g/mol. The molecule has 0 atom stereocenters. The van der Waals surface area contributed by atoms with Crippen molar-refractivity contribution in [3.05, 3.63) is 38.1 Å². The number of hydrogen-bond acceptors (Lipinski definition) is 7. The van der Waals surface area contributed by atoms with Gasteiger partial charge in [-0.05, 0) is 38.8 Å². The summed E-state index contributed by atoms with van der Waals surface area (Å²) >= 11 is 10.5. The molecule has 0 radical (unpaired) electrons. The van der Waals surface area contributed by atoms with Crippen LogP contribution in [0.2, 0.25) is 0 Å². The van der Waals surface area contributed by atoms with Crippen molar-refractivity contribution in [3.8, 4) is 5.75 Å². The molecule has 0 aromatic carbocycles. The van der Waals surface area contributed by atoms with E-state index in [1.54, 1.807) is 52.5 Å². The molecule has 0 unspecified atom stereocenters. The Labute approximate surface area is 170 Å². The van der Waals surface area contributed by atoms with E-state index in [0.29, 0.717) is 26.4 Å². The Balaban J connectivity index is 0.000000170. The molecule has 0 aliphatic rings. The van der Waals surface area contributed by atoms with Crippen molar-refractivity contribution in [2.75, 3.05) is 33.5 Å². The zero-order valence-corrected chi connectivity index (χ0v) is 18.4. The van der Waals surface area contributed by atoms with Crippen molar-refractivity contribution < 1.29 is 14.2 Å². The predicted octanol–water partition coefficient (Wildman–Crippen LogP) is 6.73. The van der Waals surface area contributed by atoms with Gasteiger partial charge in [0.05, 0.1) is 29.2 Å². The van der Waals surface area contributed by atoms with Crippen LogP contribution in [0.1, 0.15) is 0 Å². The van der Waals surface area contributed by atoms with Gasteiger partial charge in [0.1, 0.15) is 12.4 Å². The van der Waals surface area contributed by atoms with Crippen LogP contribution < -0.4 is 4.74 Å². The van der Waals surface area contributed by atoms with Crippen molar-refractivity contribution in [2.24, 2.45) is 0 Å². The highest BCUT2D eigenvalue weighted by atomic mass is 79.9. The van der Waals surface area contributed by atoms with Gasteiger partial charge in [-0.1, -0.05) is 0 Å². The zero-order valence-electron chi connectivity index (χ0n) is 13.5. The van der Waals surface area contributed by atoms with Crippen LogP contribution in [0.4, 0.5) is 0 Å². The lowest BCUT2D eigenvalue weighted by molar-refractivity contribution is 0.0547. The lowest BCUT2D eigenvalue weighted by atomic mass is 10.5. The summed E-state index contributed by atoms with van der Waals surface area (Å²) in [5, 5.41) is 8.38. The zero-order chi connectivity index (χ0) is 17.5. The number of halogens is 1. The molecule has 0 N–H and O–H groups in total. The first-order chi connectivity index (χ1) is 12.3. The molecule has 4 heterocycles. The normalized spacial score (nSPS) is 11.0. The van der Waals surface area contributed by atoms with Crippen LogP contribution in [-0.4, -0.2) is 33.5 Å². The Hall–Kier alpha value is -0.480. The summed E-state index contributed by atoms with van der Waals surface area (Å²) in [7, 11) is 1.67. The maximum atomic E-state index is 5.65. The maximum absolute atomic E-state index is 5.65. The quantitative estimate of drug-likeness (QED) is 0.276.